The van der Waals surface area contributed by atoms with Crippen molar-refractivity contribution in [2.75, 3.05) is 31.1 Å². The molecule has 0 amide bonds. The fourth-order valence-electron chi connectivity index (χ4n) is 3.51. The molecular weight excluding hydrogens is 480 g/mol. The van der Waals surface area contributed by atoms with E-state index in [1.807, 2.05) is 6.07 Å². The first-order valence-corrected chi connectivity index (χ1v) is 11.2. The highest BCUT2D eigenvalue weighted by molar-refractivity contribution is 14.0. The van der Waals surface area contributed by atoms with Crippen LogP contribution in [0.4, 0.5) is 4.39 Å². The van der Waals surface area contributed by atoms with Crippen LogP contribution in [0.5, 0.6) is 0 Å². The number of benzene rings is 1. The Labute approximate surface area is 178 Å². The first kappa shape index (κ1) is 22.4. The second-order valence-corrected chi connectivity index (χ2v) is 10.0. The lowest BCUT2D eigenvalue weighted by Crippen LogP contribution is -2.45. The molecule has 1 aromatic carbocycles. The molecule has 1 unspecified atom stereocenters. The number of nitrogens with zero attached hydrogens (tertiary/aromatic N) is 2. The number of halogens is 2. The number of hydrogen-bond acceptors (Lipinski definition) is 3. The second-order valence-electron chi connectivity index (χ2n) is 7.79. The molecule has 1 fully saturated rings. The van der Waals surface area contributed by atoms with Gasteiger partial charge in [0.2, 0.25) is 0 Å². The maximum Gasteiger partial charge on any atom is 0.194 e. The summed E-state index contributed by atoms with van der Waals surface area (Å²) in [7, 11) is -2.87. The summed E-state index contributed by atoms with van der Waals surface area (Å²) in [6, 6.07) is 4.97. The van der Waals surface area contributed by atoms with E-state index in [4.69, 9.17) is 4.99 Å². The molecule has 0 aromatic heterocycles. The molecule has 1 saturated heterocycles. The van der Waals surface area contributed by atoms with Gasteiger partial charge < -0.3 is 10.2 Å². The first-order chi connectivity index (χ1) is 12.3. The van der Waals surface area contributed by atoms with Crippen molar-refractivity contribution in [3.8, 4) is 0 Å². The highest BCUT2D eigenvalue weighted by Gasteiger charge is 2.28. The van der Waals surface area contributed by atoms with Gasteiger partial charge in [0.05, 0.1) is 11.5 Å². The molecule has 0 aliphatic carbocycles. The number of fused-ring (bicyclic) bond motifs is 1. The summed E-state index contributed by atoms with van der Waals surface area (Å²) in [6.07, 6.45) is 1.50. The van der Waals surface area contributed by atoms with E-state index < -0.39 is 9.84 Å². The van der Waals surface area contributed by atoms with Crippen molar-refractivity contribution in [1.82, 2.24) is 10.2 Å². The van der Waals surface area contributed by atoms with Crippen LogP contribution in [0.15, 0.2) is 23.2 Å². The molecule has 1 aromatic rings. The van der Waals surface area contributed by atoms with Gasteiger partial charge >= 0.3 is 0 Å². The van der Waals surface area contributed by atoms with Crippen molar-refractivity contribution >= 4 is 39.8 Å². The van der Waals surface area contributed by atoms with Crippen LogP contribution in [-0.2, 0) is 22.8 Å². The van der Waals surface area contributed by atoms with E-state index >= 15 is 0 Å². The van der Waals surface area contributed by atoms with E-state index in [1.54, 1.807) is 6.07 Å². The summed E-state index contributed by atoms with van der Waals surface area (Å²) in [5, 5.41) is 3.40. The monoisotopic (exact) mass is 509 g/mol. The maximum absolute atomic E-state index is 13.4. The molecule has 0 radical (unpaired) electrons. The third-order valence-corrected chi connectivity index (χ3v) is 6.80. The van der Waals surface area contributed by atoms with Crippen molar-refractivity contribution in [3.63, 3.8) is 0 Å². The molecule has 27 heavy (non-hydrogen) atoms. The number of guanidine groups is 1. The minimum Gasteiger partial charge on any atom is -0.356 e. The average molecular weight is 509 g/mol. The number of rotatable bonds is 4. The van der Waals surface area contributed by atoms with Crippen molar-refractivity contribution < 1.29 is 12.8 Å². The summed E-state index contributed by atoms with van der Waals surface area (Å²) >= 11 is 0. The summed E-state index contributed by atoms with van der Waals surface area (Å²) in [5.41, 5.74) is 2.19. The summed E-state index contributed by atoms with van der Waals surface area (Å²) < 4.78 is 36.8. The van der Waals surface area contributed by atoms with Gasteiger partial charge in [-0.1, -0.05) is 19.9 Å². The smallest absolute Gasteiger partial charge is 0.194 e. The van der Waals surface area contributed by atoms with Crippen LogP contribution in [0.2, 0.25) is 0 Å². The summed E-state index contributed by atoms with van der Waals surface area (Å²) in [5.74, 6) is 1.80. The SMILES string of the molecule is CC(C)CN=C(NCC1CCS(=O)(=O)C1)N1CCc2cc(F)ccc2C1.I. The third-order valence-electron chi connectivity index (χ3n) is 4.96. The summed E-state index contributed by atoms with van der Waals surface area (Å²) in [4.78, 5) is 6.93. The lowest BCUT2D eigenvalue weighted by molar-refractivity contribution is 0.371. The largest absolute Gasteiger partial charge is 0.356 e. The molecule has 2 heterocycles. The summed E-state index contributed by atoms with van der Waals surface area (Å²) in [6.45, 7) is 7.07. The predicted molar refractivity (Wildman–Crippen MR) is 118 cm³/mol. The Morgan fingerprint density at radius 3 is 2.81 bits per heavy atom. The minimum atomic E-state index is -2.87. The van der Waals surface area contributed by atoms with Crippen LogP contribution in [0.25, 0.3) is 0 Å². The molecule has 1 N–H and O–H groups in total. The molecular formula is C19H29FIN3O2S. The molecule has 3 rings (SSSR count). The molecule has 2 aliphatic rings. The van der Waals surface area contributed by atoms with E-state index in [1.165, 1.54) is 6.07 Å². The standard InChI is InChI=1S/C19H28FN3O2S.HI/c1-14(2)10-21-19(22-11-15-6-8-26(24,25)13-15)23-7-5-16-9-18(20)4-3-17(16)12-23;/h3-4,9,14-15H,5-8,10-13H2,1-2H3,(H,21,22);1H. The van der Waals surface area contributed by atoms with Crippen LogP contribution in [0, 0.1) is 17.7 Å². The van der Waals surface area contributed by atoms with Gasteiger partial charge in [0, 0.05) is 26.2 Å². The number of hydrogen-bond donors (Lipinski definition) is 1. The Kier molecular flexibility index (Phi) is 7.91. The van der Waals surface area contributed by atoms with Gasteiger partial charge in [-0.2, -0.15) is 0 Å². The Morgan fingerprint density at radius 2 is 2.15 bits per heavy atom. The van der Waals surface area contributed by atoms with Gasteiger partial charge in [0.25, 0.3) is 0 Å². The lowest BCUT2D eigenvalue weighted by atomic mass is 10.00. The molecule has 8 heteroatoms. The van der Waals surface area contributed by atoms with E-state index in [2.05, 4.69) is 24.1 Å². The van der Waals surface area contributed by atoms with Crippen LogP contribution in [0.1, 0.15) is 31.4 Å². The molecule has 152 valence electrons. The highest BCUT2D eigenvalue weighted by Crippen LogP contribution is 2.21. The molecule has 2 aliphatic heterocycles. The van der Waals surface area contributed by atoms with Gasteiger partial charge in [-0.25, -0.2) is 12.8 Å². The molecule has 0 spiro atoms. The first-order valence-electron chi connectivity index (χ1n) is 9.33. The quantitative estimate of drug-likeness (QED) is 0.386. The zero-order valence-corrected chi connectivity index (χ0v) is 19.1. The Balaban J connectivity index is 0.00000261. The third kappa shape index (κ3) is 6.30. The van der Waals surface area contributed by atoms with Crippen molar-refractivity contribution in [2.45, 2.75) is 33.2 Å². The Morgan fingerprint density at radius 1 is 1.37 bits per heavy atom. The van der Waals surface area contributed by atoms with Gasteiger partial charge in [-0.05, 0) is 47.9 Å². The van der Waals surface area contributed by atoms with Gasteiger partial charge in [0.1, 0.15) is 5.82 Å². The van der Waals surface area contributed by atoms with Crippen LogP contribution < -0.4 is 5.32 Å². The molecule has 0 bridgehead atoms. The van der Waals surface area contributed by atoms with Gasteiger partial charge in [-0.3, -0.25) is 4.99 Å². The Hall–Kier alpha value is -0.900. The van der Waals surface area contributed by atoms with Crippen LogP contribution in [-0.4, -0.2) is 50.4 Å². The Bertz CT molecular complexity index is 783. The van der Waals surface area contributed by atoms with E-state index in [0.717, 1.165) is 43.0 Å². The van der Waals surface area contributed by atoms with E-state index in [0.29, 0.717) is 24.8 Å². The van der Waals surface area contributed by atoms with Crippen LogP contribution in [0.3, 0.4) is 0 Å². The van der Waals surface area contributed by atoms with E-state index in [9.17, 15) is 12.8 Å². The minimum absolute atomic E-state index is 0. The molecule has 0 saturated carbocycles. The molecule has 1 atom stereocenters. The van der Waals surface area contributed by atoms with E-state index in [-0.39, 0.29) is 41.5 Å². The number of nitrogens with one attached hydrogen (secondary N) is 1. The fourth-order valence-corrected chi connectivity index (χ4v) is 5.37. The van der Waals surface area contributed by atoms with Crippen LogP contribution >= 0.6 is 24.0 Å². The maximum atomic E-state index is 13.4. The molecule has 5 nitrogen and oxygen atoms in total. The van der Waals surface area contributed by atoms with Crippen molar-refractivity contribution in [1.29, 1.82) is 0 Å². The van der Waals surface area contributed by atoms with Crippen molar-refractivity contribution in [2.24, 2.45) is 16.8 Å². The second kappa shape index (κ2) is 9.54. The van der Waals surface area contributed by atoms with Gasteiger partial charge in [-0.15, -0.1) is 24.0 Å². The predicted octanol–water partition coefficient (Wildman–Crippen LogP) is 2.84. The van der Waals surface area contributed by atoms with Crippen molar-refractivity contribution in [3.05, 3.63) is 35.1 Å². The number of sulfone groups is 1. The lowest BCUT2D eigenvalue weighted by Gasteiger charge is -2.32. The fraction of sp³-hybridized carbons (Fsp3) is 0.632. The average Bonchev–Trinajstić information content (AvgIpc) is 2.93. The zero-order valence-electron chi connectivity index (χ0n) is 15.9. The zero-order chi connectivity index (χ0) is 18.7. The number of aliphatic imine (C=N–C) groups is 1. The van der Waals surface area contributed by atoms with Gasteiger partial charge in [0.15, 0.2) is 15.8 Å². The topological polar surface area (TPSA) is 61.8 Å². The normalized spacial score (nSPS) is 21.7. The highest BCUT2D eigenvalue weighted by atomic mass is 127.